The third-order valence-electron chi connectivity index (χ3n) is 9.57. The number of rotatable bonds is 6. The Morgan fingerprint density at radius 3 is 1.45 bits per heavy atom. The first-order valence-electron chi connectivity index (χ1n) is 19.3. The van der Waals surface area contributed by atoms with Crippen molar-refractivity contribution in [2.45, 2.75) is 0 Å². The molecule has 0 unspecified atom stereocenters. The topological polar surface area (TPSA) is 29.5 Å². The lowest BCUT2D eigenvalue weighted by molar-refractivity contribution is 0.664. The normalized spacial score (nSPS) is 12.9. The van der Waals surface area contributed by atoms with E-state index in [2.05, 4.69) is 83.8 Å². The van der Waals surface area contributed by atoms with E-state index < -0.39 is 6.04 Å². The van der Waals surface area contributed by atoms with Gasteiger partial charge in [-0.2, -0.15) is 0 Å². The molecule has 0 saturated carbocycles. The van der Waals surface area contributed by atoms with Crippen LogP contribution in [0.5, 0.6) is 0 Å². The Hall–Kier alpha value is -6.84. The standard InChI is InChI=1S/C48H31NO2/c1-4-12-32(13-5-1)34-22-26-37(27-23-34)49(38-28-24-35(25-29-38)33-14-6-2-7-15-33)44-21-11-20-41-43-31-45-42(30-46(43)51-48(41)44)40-19-10-18-39(47(40)50-45)36-16-8-3-9-17-36/h1-31H/i3D,8D,9D,16D,17D. The van der Waals surface area contributed by atoms with Crippen molar-refractivity contribution in [2.75, 3.05) is 4.90 Å². The largest absolute Gasteiger partial charge is 0.455 e. The summed E-state index contributed by atoms with van der Waals surface area (Å²) in [5.74, 6) is 0. The zero-order chi connectivity index (χ0) is 38.1. The Bertz CT molecular complexity index is 3010. The number of benzene rings is 8. The number of fused-ring (bicyclic) bond motifs is 6. The zero-order valence-electron chi connectivity index (χ0n) is 32.3. The summed E-state index contributed by atoms with van der Waals surface area (Å²) < 4.78 is 55.1. The van der Waals surface area contributed by atoms with Gasteiger partial charge in [0.25, 0.3) is 0 Å². The number of hydrogen-bond donors (Lipinski definition) is 0. The maximum atomic E-state index is 8.61. The van der Waals surface area contributed by atoms with Gasteiger partial charge in [0.05, 0.1) is 12.5 Å². The fourth-order valence-electron chi connectivity index (χ4n) is 7.12. The van der Waals surface area contributed by atoms with Crippen LogP contribution in [-0.2, 0) is 0 Å². The Morgan fingerprint density at radius 1 is 0.392 bits per heavy atom. The summed E-state index contributed by atoms with van der Waals surface area (Å²) in [6.07, 6.45) is 0. The molecule has 0 atom stereocenters. The Labute approximate surface area is 302 Å². The number of hydrogen-bond acceptors (Lipinski definition) is 3. The highest BCUT2D eigenvalue weighted by Gasteiger charge is 2.21. The fourth-order valence-corrected chi connectivity index (χ4v) is 7.12. The molecule has 0 fully saturated rings. The summed E-state index contributed by atoms with van der Waals surface area (Å²) in [6, 6.07) is 51.6. The molecule has 0 amide bonds. The van der Waals surface area contributed by atoms with E-state index in [1.54, 1.807) is 6.07 Å². The summed E-state index contributed by atoms with van der Waals surface area (Å²) in [5, 5.41) is 3.34. The molecular weight excluding hydrogens is 623 g/mol. The molecule has 0 spiro atoms. The van der Waals surface area contributed by atoms with Crippen molar-refractivity contribution < 1.29 is 15.7 Å². The molecule has 0 aliphatic heterocycles. The van der Waals surface area contributed by atoms with Gasteiger partial charge >= 0.3 is 0 Å². The molecule has 240 valence electrons. The second-order valence-corrected chi connectivity index (χ2v) is 12.5. The molecule has 51 heavy (non-hydrogen) atoms. The number of nitrogens with zero attached hydrogens (tertiary/aromatic N) is 1. The first-order chi connectivity index (χ1) is 27.4. The summed E-state index contributed by atoms with van der Waals surface area (Å²) in [6.45, 7) is 0. The molecule has 2 aromatic heterocycles. The van der Waals surface area contributed by atoms with Gasteiger partial charge in [0.15, 0.2) is 5.58 Å². The van der Waals surface area contributed by atoms with Gasteiger partial charge < -0.3 is 13.7 Å². The van der Waals surface area contributed by atoms with Crippen LogP contribution in [0, 0.1) is 0 Å². The second kappa shape index (κ2) is 11.9. The quantitative estimate of drug-likeness (QED) is 0.178. The molecule has 10 rings (SSSR count). The van der Waals surface area contributed by atoms with Crippen LogP contribution in [-0.4, -0.2) is 0 Å². The van der Waals surface area contributed by atoms with E-state index in [1.165, 1.54) is 0 Å². The molecule has 2 heterocycles. The predicted molar refractivity (Wildman–Crippen MR) is 212 cm³/mol. The minimum Gasteiger partial charge on any atom is -0.455 e. The van der Waals surface area contributed by atoms with Gasteiger partial charge in [0.2, 0.25) is 0 Å². The third-order valence-corrected chi connectivity index (χ3v) is 9.57. The Kier molecular flexibility index (Phi) is 5.69. The molecule has 3 nitrogen and oxygen atoms in total. The third kappa shape index (κ3) is 4.98. The molecule has 0 aliphatic carbocycles. The monoisotopic (exact) mass is 658 g/mol. The zero-order valence-corrected chi connectivity index (χ0v) is 27.3. The van der Waals surface area contributed by atoms with Crippen LogP contribution in [0.1, 0.15) is 6.85 Å². The Morgan fingerprint density at radius 2 is 0.882 bits per heavy atom. The van der Waals surface area contributed by atoms with Crippen molar-refractivity contribution in [3.63, 3.8) is 0 Å². The van der Waals surface area contributed by atoms with Gasteiger partial charge in [-0.05, 0) is 70.3 Å². The highest BCUT2D eigenvalue weighted by Crippen LogP contribution is 2.45. The lowest BCUT2D eigenvalue weighted by Gasteiger charge is -2.26. The molecule has 0 bridgehead atoms. The van der Waals surface area contributed by atoms with Crippen LogP contribution in [0.4, 0.5) is 17.1 Å². The van der Waals surface area contributed by atoms with E-state index in [1.807, 2.05) is 72.8 Å². The molecule has 0 aliphatic rings. The van der Waals surface area contributed by atoms with Crippen molar-refractivity contribution >= 4 is 60.9 Å². The number of furan rings is 2. The minimum atomic E-state index is -0.431. The molecule has 3 heteroatoms. The second-order valence-electron chi connectivity index (χ2n) is 12.5. The van der Waals surface area contributed by atoms with Gasteiger partial charge in [0.1, 0.15) is 16.7 Å². The molecule has 0 N–H and O–H groups in total. The first-order valence-corrected chi connectivity index (χ1v) is 16.8. The van der Waals surface area contributed by atoms with Crippen molar-refractivity contribution in [1.29, 1.82) is 0 Å². The molecule has 0 saturated heterocycles. The summed E-state index contributed by atoms with van der Waals surface area (Å²) >= 11 is 0. The molecule has 10 aromatic rings. The van der Waals surface area contributed by atoms with Gasteiger partial charge in [-0.1, -0.05) is 145 Å². The van der Waals surface area contributed by atoms with Crippen molar-refractivity contribution in [3.8, 4) is 33.4 Å². The number of anilines is 3. The van der Waals surface area contributed by atoms with E-state index in [9.17, 15) is 0 Å². The average molecular weight is 659 g/mol. The van der Waals surface area contributed by atoms with Crippen molar-refractivity contribution in [3.05, 3.63) is 188 Å². The summed E-state index contributed by atoms with van der Waals surface area (Å²) in [4.78, 5) is 2.22. The van der Waals surface area contributed by atoms with Crippen LogP contribution in [0.2, 0.25) is 0 Å². The molecular formula is C48H31NO2. The summed E-state index contributed by atoms with van der Waals surface area (Å²) in [7, 11) is 0. The van der Waals surface area contributed by atoms with Crippen molar-refractivity contribution in [1.82, 2.24) is 0 Å². The fraction of sp³-hybridized carbons (Fsp3) is 0. The molecule has 0 radical (unpaired) electrons. The van der Waals surface area contributed by atoms with Gasteiger partial charge in [-0.15, -0.1) is 0 Å². The maximum Gasteiger partial charge on any atom is 0.159 e. The van der Waals surface area contributed by atoms with E-state index >= 15 is 0 Å². The van der Waals surface area contributed by atoms with Gasteiger partial charge in [-0.3, -0.25) is 0 Å². The predicted octanol–water partition coefficient (Wildman–Crippen LogP) is 14.0. The van der Waals surface area contributed by atoms with E-state index in [0.29, 0.717) is 22.3 Å². The van der Waals surface area contributed by atoms with Crippen LogP contribution in [0.15, 0.2) is 197 Å². The SMILES string of the molecule is [2H]c1c([2H])c([2H])c(-c2cccc3c2oc2cc4c(cc23)oc2c(N(c3ccc(-c5ccccc5)cc3)c3ccc(-c5ccccc5)cc3)cccc24)c([2H])c1[2H]. The van der Waals surface area contributed by atoms with Crippen LogP contribution < -0.4 is 4.90 Å². The Balaban J connectivity index is 1.14. The van der Waals surface area contributed by atoms with E-state index in [4.69, 9.17) is 15.7 Å². The van der Waals surface area contributed by atoms with Crippen LogP contribution in [0.25, 0.3) is 77.3 Å². The lowest BCUT2D eigenvalue weighted by atomic mass is 10.0. The van der Waals surface area contributed by atoms with E-state index in [-0.39, 0.29) is 29.7 Å². The highest BCUT2D eigenvalue weighted by atomic mass is 16.3. The van der Waals surface area contributed by atoms with Crippen LogP contribution in [0.3, 0.4) is 0 Å². The lowest BCUT2D eigenvalue weighted by Crippen LogP contribution is -2.10. The van der Waals surface area contributed by atoms with Gasteiger partial charge in [-0.25, -0.2) is 0 Å². The van der Waals surface area contributed by atoms with Crippen molar-refractivity contribution in [2.24, 2.45) is 0 Å². The molecule has 8 aromatic carbocycles. The average Bonchev–Trinajstić information content (AvgIpc) is 3.81. The minimum absolute atomic E-state index is 0.105. The van der Waals surface area contributed by atoms with E-state index in [0.717, 1.165) is 66.4 Å². The highest BCUT2D eigenvalue weighted by molar-refractivity contribution is 6.18. The number of para-hydroxylation sites is 2. The first kappa shape index (κ1) is 24.3. The van der Waals surface area contributed by atoms with Crippen LogP contribution >= 0.6 is 0 Å². The summed E-state index contributed by atoms with van der Waals surface area (Å²) in [5.41, 5.74) is 10.4. The maximum absolute atomic E-state index is 8.61. The van der Waals surface area contributed by atoms with Gasteiger partial charge in [0, 0.05) is 38.5 Å². The smallest absolute Gasteiger partial charge is 0.159 e.